The van der Waals surface area contributed by atoms with Gasteiger partial charge in [0, 0.05) is 18.8 Å². The van der Waals surface area contributed by atoms with Gasteiger partial charge < -0.3 is 15.4 Å². The first-order chi connectivity index (χ1) is 11.8. The van der Waals surface area contributed by atoms with Gasteiger partial charge in [-0.1, -0.05) is 43.7 Å². The van der Waals surface area contributed by atoms with Crippen LogP contribution >= 0.6 is 0 Å². The van der Waals surface area contributed by atoms with Crippen LogP contribution in [0.5, 0.6) is 5.75 Å². The average Bonchev–Trinajstić information content (AvgIpc) is 2.62. The van der Waals surface area contributed by atoms with Gasteiger partial charge in [-0.15, -0.1) is 0 Å². The molecule has 1 aliphatic heterocycles. The Labute approximate surface area is 143 Å². The maximum Gasteiger partial charge on any atom is 0.169 e. The van der Waals surface area contributed by atoms with E-state index in [0.717, 1.165) is 42.6 Å². The van der Waals surface area contributed by atoms with Crippen LogP contribution in [0.15, 0.2) is 58.6 Å². The number of aliphatic imine (C=N–C) groups is 2. The van der Waals surface area contributed by atoms with Crippen LogP contribution in [0.1, 0.15) is 19.8 Å². The van der Waals surface area contributed by atoms with E-state index < -0.39 is 0 Å². The maximum absolute atomic E-state index is 5.77. The third-order valence-corrected chi connectivity index (χ3v) is 3.96. The Morgan fingerprint density at radius 1 is 1.08 bits per heavy atom. The fourth-order valence-electron chi connectivity index (χ4n) is 2.65. The Morgan fingerprint density at radius 3 is 2.54 bits per heavy atom. The number of unbranched alkanes of at least 4 members (excludes halogenated alkanes) is 1. The summed E-state index contributed by atoms with van der Waals surface area (Å²) in [5, 5.41) is 6.50. The number of fused-ring (bicyclic) bond motifs is 1. The highest BCUT2D eigenvalue weighted by Gasteiger charge is 2.25. The second kappa shape index (κ2) is 7.81. The van der Waals surface area contributed by atoms with Gasteiger partial charge in [-0.05, 0) is 18.6 Å². The lowest BCUT2D eigenvalue weighted by atomic mass is 10.0. The van der Waals surface area contributed by atoms with Crippen molar-refractivity contribution in [3.8, 4) is 5.75 Å². The van der Waals surface area contributed by atoms with E-state index in [0.29, 0.717) is 0 Å². The summed E-state index contributed by atoms with van der Waals surface area (Å²) in [6.45, 7) is 2.90. The van der Waals surface area contributed by atoms with Crippen molar-refractivity contribution in [3.63, 3.8) is 0 Å². The van der Waals surface area contributed by atoms with E-state index in [-0.39, 0.29) is 12.1 Å². The van der Waals surface area contributed by atoms with Crippen molar-refractivity contribution in [2.75, 3.05) is 19.0 Å². The molecular formula is C19H24N4O. The molecule has 3 rings (SSSR count). The van der Waals surface area contributed by atoms with Crippen LogP contribution in [0.3, 0.4) is 0 Å². The topological polar surface area (TPSA) is 58.0 Å². The van der Waals surface area contributed by atoms with Gasteiger partial charge >= 0.3 is 0 Å². The van der Waals surface area contributed by atoms with E-state index in [4.69, 9.17) is 14.7 Å². The summed E-state index contributed by atoms with van der Waals surface area (Å²) in [7, 11) is 1.86. The lowest BCUT2D eigenvalue weighted by Gasteiger charge is -2.26. The van der Waals surface area contributed by atoms with Crippen LogP contribution in [0.2, 0.25) is 0 Å². The molecule has 0 spiro atoms. The van der Waals surface area contributed by atoms with Crippen molar-refractivity contribution in [1.82, 2.24) is 5.32 Å². The zero-order valence-electron chi connectivity index (χ0n) is 14.2. The third kappa shape index (κ3) is 3.85. The number of nitrogens with one attached hydrogen (secondary N) is 2. The summed E-state index contributed by atoms with van der Waals surface area (Å²) in [6, 6.07) is 8.08. The molecule has 2 unspecified atom stereocenters. The van der Waals surface area contributed by atoms with Crippen LogP contribution in [0, 0.1) is 0 Å². The van der Waals surface area contributed by atoms with Gasteiger partial charge in [0.25, 0.3) is 0 Å². The van der Waals surface area contributed by atoms with E-state index in [1.807, 2.05) is 43.5 Å². The Kier molecular flexibility index (Phi) is 5.31. The standard InChI is InChI=1S/C19H24N4O/c1-3-4-12-24-15-9-7-8-14(13-15)21-19-18(20-2)22-16-10-5-6-11-17(16)23-19/h5-11,13,16-17H,3-4,12H2,1-2H3,(H,20,22)(H,21,23). The first kappa shape index (κ1) is 16.3. The highest BCUT2D eigenvalue weighted by molar-refractivity contribution is 6.45. The van der Waals surface area contributed by atoms with Crippen LogP contribution in [-0.2, 0) is 0 Å². The van der Waals surface area contributed by atoms with E-state index in [9.17, 15) is 0 Å². The minimum atomic E-state index is 0.0542. The van der Waals surface area contributed by atoms with Crippen LogP contribution < -0.4 is 15.4 Å². The first-order valence-corrected chi connectivity index (χ1v) is 8.48. The van der Waals surface area contributed by atoms with Gasteiger partial charge in [0.1, 0.15) is 5.75 Å². The zero-order valence-corrected chi connectivity index (χ0v) is 14.2. The maximum atomic E-state index is 5.77. The van der Waals surface area contributed by atoms with Crippen molar-refractivity contribution >= 4 is 17.4 Å². The Balaban J connectivity index is 1.73. The van der Waals surface area contributed by atoms with Crippen molar-refractivity contribution in [3.05, 3.63) is 48.6 Å². The molecule has 0 fully saturated rings. The molecule has 0 saturated heterocycles. The molecule has 0 saturated carbocycles. The Bertz CT molecular complexity index is 690. The number of amidine groups is 2. The fraction of sp³-hybridized carbons (Fsp3) is 0.368. The smallest absolute Gasteiger partial charge is 0.169 e. The van der Waals surface area contributed by atoms with Gasteiger partial charge in [0.2, 0.25) is 0 Å². The molecule has 5 nitrogen and oxygen atoms in total. The van der Waals surface area contributed by atoms with E-state index >= 15 is 0 Å². The average molecular weight is 324 g/mol. The molecule has 0 radical (unpaired) electrons. The largest absolute Gasteiger partial charge is 0.494 e. The highest BCUT2D eigenvalue weighted by Crippen LogP contribution is 2.21. The molecule has 1 aliphatic carbocycles. The molecule has 0 amide bonds. The molecule has 1 aromatic rings. The van der Waals surface area contributed by atoms with Crippen molar-refractivity contribution < 1.29 is 4.74 Å². The van der Waals surface area contributed by atoms with Gasteiger partial charge in [0.15, 0.2) is 11.7 Å². The SMILES string of the molecule is CCCCOc1cccc(NC2=NC3C=CC=CC3N=C2NC)c1. The van der Waals surface area contributed by atoms with Gasteiger partial charge in [0.05, 0.1) is 18.7 Å². The number of hydrogen-bond donors (Lipinski definition) is 2. The number of benzene rings is 1. The van der Waals surface area contributed by atoms with Crippen LogP contribution in [-0.4, -0.2) is 37.4 Å². The number of likely N-dealkylation sites (N-methyl/N-ethyl adjacent to an activating group) is 1. The second-order valence-corrected chi connectivity index (χ2v) is 5.81. The molecule has 2 N–H and O–H groups in total. The molecule has 1 heterocycles. The summed E-state index contributed by atoms with van der Waals surface area (Å²) in [5.74, 6) is 2.39. The number of allylic oxidation sites excluding steroid dienone is 2. The molecule has 2 atom stereocenters. The van der Waals surface area contributed by atoms with E-state index in [2.05, 4.69) is 29.7 Å². The molecular weight excluding hydrogens is 300 g/mol. The minimum Gasteiger partial charge on any atom is -0.494 e. The quantitative estimate of drug-likeness (QED) is 0.818. The lowest BCUT2D eigenvalue weighted by Crippen LogP contribution is -2.41. The Morgan fingerprint density at radius 2 is 1.83 bits per heavy atom. The van der Waals surface area contributed by atoms with E-state index in [1.54, 1.807) is 0 Å². The fourth-order valence-corrected chi connectivity index (χ4v) is 2.65. The number of hydrogen-bond acceptors (Lipinski definition) is 5. The number of anilines is 1. The molecule has 2 aliphatic rings. The van der Waals surface area contributed by atoms with Gasteiger partial charge in [-0.2, -0.15) is 0 Å². The number of rotatable bonds is 5. The normalized spacial score (nSPS) is 21.6. The van der Waals surface area contributed by atoms with Gasteiger partial charge in [-0.3, -0.25) is 9.98 Å². The summed E-state index contributed by atoms with van der Waals surface area (Å²) in [5.41, 5.74) is 0.944. The summed E-state index contributed by atoms with van der Waals surface area (Å²) < 4.78 is 5.77. The summed E-state index contributed by atoms with van der Waals surface area (Å²) >= 11 is 0. The second-order valence-electron chi connectivity index (χ2n) is 5.81. The molecule has 0 aromatic heterocycles. The molecule has 1 aromatic carbocycles. The monoisotopic (exact) mass is 324 g/mol. The minimum absolute atomic E-state index is 0.0542. The predicted octanol–water partition coefficient (Wildman–Crippen LogP) is 3.17. The number of ether oxygens (including phenoxy) is 1. The van der Waals surface area contributed by atoms with Crippen molar-refractivity contribution in [2.24, 2.45) is 9.98 Å². The molecule has 0 bridgehead atoms. The summed E-state index contributed by atoms with van der Waals surface area (Å²) in [4.78, 5) is 9.52. The lowest BCUT2D eigenvalue weighted by molar-refractivity contribution is 0.309. The molecule has 24 heavy (non-hydrogen) atoms. The number of nitrogens with zero attached hydrogens (tertiary/aromatic N) is 2. The third-order valence-electron chi connectivity index (χ3n) is 3.96. The Hall–Kier alpha value is -2.56. The summed E-state index contributed by atoms with van der Waals surface area (Å²) in [6.07, 6.45) is 10.4. The zero-order chi connectivity index (χ0) is 16.8. The van der Waals surface area contributed by atoms with Crippen molar-refractivity contribution in [1.29, 1.82) is 0 Å². The van der Waals surface area contributed by atoms with E-state index in [1.165, 1.54) is 0 Å². The predicted molar refractivity (Wildman–Crippen MR) is 100 cm³/mol. The van der Waals surface area contributed by atoms with Crippen molar-refractivity contribution in [2.45, 2.75) is 31.8 Å². The molecule has 126 valence electrons. The molecule has 5 heteroatoms. The van der Waals surface area contributed by atoms with Gasteiger partial charge in [-0.25, -0.2) is 0 Å². The highest BCUT2D eigenvalue weighted by atomic mass is 16.5. The van der Waals surface area contributed by atoms with Crippen LogP contribution in [0.25, 0.3) is 0 Å². The van der Waals surface area contributed by atoms with Crippen LogP contribution in [0.4, 0.5) is 5.69 Å². The first-order valence-electron chi connectivity index (χ1n) is 8.48.